The molecule has 0 aliphatic carbocycles. The second-order valence-electron chi connectivity index (χ2n) is 6.43. The number of ether oxygens (including phenoxy) is 1. The van der Waals surface area contributed by atoms with Crippen LogP contribution in [0.1, 0.15) is 37.8 Å². The highest BCUT2D eigenvalue weighted by atomic mass is 32.2. The lowest BCUT2D eigenvalue weighted by molar-refractivity contribution is 0.256. The van der Waals surface area contributed by atoms with E-state index in [1.165, 1.54) is 17.7 Å². The third-order valence-electron chi connectivity index (χ3n) is 3.87. The van der Waals surface area contributed by atoms with Gasteiger partial charge in [0.1, 0.15) is 5.75 Å². The monoisotopic (exact) mass is 348 g/mol. The lowest BCUT2D eigenvalue weighted by atomic mass is 10.0. The van der Waals surface area contributed by atoms with E-state index in [2.05, 4.69) is 26.8 Å². The topological polar surface area (TPSA) is 63.6 Å². The minimum absolute atomic E-state index is 0.0824. The van der Waals surface area contributed by atoms with Crippen LogP contribution in [0.25, 0.3) is 0 Å². The smallest absolute Gasteiger partial charge is 0.294 e. The van der Waals surface area contributed by atoms with Crippen molar-refractivity contribution in [3.8, 4) is 5.75 Å². The lowest BCUT2D eigenvalue weighted by Crippen LogP contribution is -2.12. The van der Waals surface area contributed by atoms with Crippen molar-refractivity contribution in [2.75, 3.05) is 6.61 Å². The van der Waals surface area contributed by atoms with Crippen molar-refractivity contribution < 1.29 is 17.7 Å². The predicted molar refractivity (Wildman–Crippen MR) is 95.2 cm³/mol. The summed E-state index contributed by atoms with van der Waals surface area (Å²) in [5.41, 5.74) is 2.21. The highest BCUT2D eigenvalue weighted by Crippen LogP contribution is 2.26. The van der Waals surface area contributed by atoms with Crippen LogP contribution >= 0.6 is 0 Å². The van der Waals surface area contributed by atoms with E-state index in [1.54, 1.807) is 12.1 Å². The van der Waals surface area contributed by atoms with Crippen LogP contribution < -0.4 is 4.74 Å². The number of rotatable bonds is 7. The molecule has 0 saturated heterocycles. The van der Waals surface area contributed by atoms with Gasteiger partial charge in [-0.2, -0.15) is 8.42 Å². The lowest BCUT2D eigenvalue weighted by Gasteiger charge is -2.17. The molecule has 0 aliphatic rings. The van der Waals surface area contributed by atoms with Gasteiger partial charge in [-0.3, -0.25) is 4.55 Å². The molecule has 0 amide bonds. The van der Waals surface area contributed by atoms with Crippen LogP contribution in [0.4, 0.5) is 0 Å². The summed E-state index contributed by atoms with van der Waals surface area (Å²) < 4.78 is 37.1. The Kier molecular flexibility index (Phi) is 6.02. The van der Waals surface area contributed by atoms with E-state index in [0.717, 1.165) is 17.7 Å². The quantitative estimate of drug-likeness (QED) is 0.757. The summed E-state index contributed by atoms with van der Waals surface area (Å²) in [6.45, 7) is 6.96. The van der Waals surface area contributed by atoms with Gasteiger partial charge in [0.2, 0.25) is 0 Å². The highest BCUT2D eigenvalue weighted by Gasteiger charge is 2.12. The highest BCUT2D eigenvalue weighted by molar-refractivity contribution is 7.85. The molecule has 0 saturated carbocycles. The molecule has 24 heavy (non-hydrogen) atoms. The second-order valence-corrected chi connectivity index (χ2v) is 7.85. The molecule has 0 aliphatic heterocycles. The first-order chi connectivity index (χ1) is 11.3. The van der Waals surface area contributed by atoms with Crippen molar-refractivity contribution in [2.45, 2.75) is 38.0 Å². The van der Waals surface area contributed by atoms with Gasteiger partial charge in [0.25, 0.3) is 10.1 Å². The van der Waals surface area contributed by atoms with Gasteiger partial charge in [-0.05, 0) is 47.6 Å². The molecule has 1 N–H and O–H groups in total. The molecule has 2 aromatic carbocycles. The van der Waals surface area contributed by atoms with E-state index >= 15 is 0 Å². The van der Waals surface area contributed by atoms with E-state index in [9.17, 15) is 8.42 Å². The molecule has 5 heteroatoms. The summed E-state index contributed by atoms with van der Waals surface area (Å²) in [6, 6.07) is 14.4. The van der Waals surface area contributed by atoms with Gasteiger partial charge in [0, 0.05) is 0 Å². The van der Waals surface area contributed by atoms with Crippen LogP contribution in [0.15, 0.2) is 53.4 Å². The summed E-state index contributed by atoms with van der Waals surface area (Å²) >= 11 is 0. The molecule has 0 aromatic heterocycles. The Morgan fingerprint density at radius 1 is 1.00 bits per heavy atom. The zero-order valence-electron chi connectivity index (χ0n) is 14.3. The first kappa shape index (κ1) is 18.5. The fraction of sp³-hybridized carbons (Fsp3) is 0.368. The second kappa shape index (κ2) is 7.81. The molecular formula is C19H24O4S. The summed E-state index contributed by atoms with van der Waals surface area (Å²) in [5.74, 6) is 1.60. The molecule has 1 atom stereocenters. The molecule has 0 heterocycles. The first-order valence-electron chi connectivity index (χ1n) is 8.05. The Morgan fingerprint density at radius 3 is 2.21 bits per heavy atom. The average Bonchev–Trinajstić information content (AvgIpc) is 2.53. The molecule has 2 aromatic rings. The Balaban J connectivity index is 1.95. The number of benzene rings is 2. The molecule has 0 radical (unpaired) electrons. The van der Waals surface area contributed by atoms with Gasteiger partial charge in [0.15, 0.2) is 0 Å². The van der Waals surface area contributed by atoms with E-state index < -0.39 is 10.1 Å². The van der Waals surface area contributed by atoms with Crippen molar-refractivity contribution in [3.63, 3.8) is 0 Å². The zero-order valence-corrected chi connectivity index (χ0v) is 15.1. The normalized spacial score (nSPS) is 13.0. The van der Waals surface area contributed by atoms with E-state index in [-0.39, 0.29) is 10.8 Å². The van der Waals surface area contributed by atoms with Gasteiger partial charge in [-0.25, -0.2) is 0 Å². The standard InChI is InChI=1S/C19H24O4S/c1-14(2)18-6-4-5-7-19(18)23-13-15(3)12-16-8-10-17(11-9-16)24(20,21)22/h4-11,14-15H,12-13H2,1-3H3,(H,20,21,22). The number of para-hydroxylation sites is 1. The van der Waals surface area contributed by atoms with Crippen molar-refractivity contribution >= 4 is 10.1 Å². The van der Waals surface area contributed by atoms with E-state index in [1.807, 2.05) is 18.2 Å². The van der Waals surface area contributed by atoms with Gasteiger partial charge in [0.05, 0.1) is 11.5 Å². The van der Waals surface area contributed by atoms with Crippen LogP contribution in [0, 0.1) is 5.92 Å². The summed E-state index contributed by atoms with van der Waals surface area (Å²) in [5, 5.41) is 0. The van der Waals surface area contributed by atoms with Crippen molar-refractivity contribution in [3.05, 3.63) is 59.7 Å². The summed E-state index contributed by atoms with van der Waals surface area (Å²) in [6.07, 6.45) is 0.773. The molecule has 0 bridgehead atoms. The average molecular weight is 348 g/mol. The van der Waals surface area contributed by atoms with Gasteiger partial charge in [-0.1, -0.05) is 51.1 Å². The third kappa shape index (κ3) is 5.08. The Morgan fingerprint density at radius 2 is 1.62 bits per heavy atom. The predicted octanol–water partition coefficient (Wildman–Crippen LogP) is 4.31. The molecule has 2 rings (SSSR count). The fourth-order valence-electron chi connectivity index (χ4n) is 2.58. The Labute approximate surface area is 144 Å². The third-order valence-corrected chi connectivity index (χ3v) is 4.74. The van der Waals surface area contributed by atoms with Crippen molar-refractivity contribution in [1.82, 2.24) is 0 Å². The van der Waals surface area contributed by atoms with Crippen LogP contribution in [-0.4, -0.2) is 19.6 Å². The van der Waals surface area contributed by atoms with Crippen LogP contribution in [0.2, 0.25) is 0 Å². The molecule has 4 nitrogen and oxygen atoms in total. The maximum atomic E-state index is 11.0. The molecular weight excluding hydrogens is 324 g/mol. The van der Waals surface area contributed by atoms with Gasteiger partial charge >= 0.3 is 0 Å². The Hall–Kier alpha value is -1.85. The molecule has 0 fully saturated rings. The van der Waals surface area contributed by atoms with Gasteiger partial charge < -0.3 is 4.74 Å². The van der Waals surface area contributed by atoms with Crippen LogP contribution in [0.5, 0.6) is 5.75 Å². The largest absolute Gasteiger partial charge is 0.493 e. The fourth-order valence-corrected chi connectivity index (χ4v) is 3.06. The van der Waals surface area contributed by atoms with E-state index in [4.69, 9.17) is 9.29 Å². The minimum Gasteiger partial charge on any atom is -0.493 e. The zero-order chi connectivity index (χ0) is 17.7. The van der Waals surface area contributed by atoms with Crippen molar-refractivity contribution in [1.29, 1.82) is 0 Å². The SMILES string of the molecule is CC(COc1ccccc1C(C)C)Cc1ccc(S(=O)(=O)O)cc1. The van der Waals surface area contributed by atoms with Gasteiger partial charge in [-0.15, -0.1) is 0 Å². The molecule has 130 valence electrons. The van der Waals surface area contributed by atoms with E-state index in [0.29, 0.717) is 12.5 Å². The maximum absolute atomic E-state index is 11.0. The molecule has 1 unspecified atom stereocenters. The van der Waals surface area contributed by atoms with Crippen LogP contribution in [0.3, 0.4) is 0 Å². The Bertz CT molecular complexity index is 764. The minimum atomic E-state index is -4.13. The molecule has 0 spiro atoms. The van der Waals surface area contributed by atoms with Crippen molar-refractivity contribution in [2.24, 2.45) is 5.92 Å². The summed E-state index contributed by atoms with van der Waals surface area (Å²) in [7, 11) is -4.13. The first-order valence-corrected chi connectivity index (χ1v) is 9.49. The maximum Gasteiger partial charge on any atom is 0.294 e. The number of hydrogen-bond donors (Lipinski definition) is 1. The summed E-state index contributed by atoms with van der Waals surface area (Å²) in [4.78, 5) is -0.0824. The van der Waals surface area contributed by atoms with Crippen LogP contribution in [-0.2, 0) is 16.5 Å². The number of hydrogen-bond acceptors (Lipinski definition) is 3.